The summed E-state index contributed by atoms with van der Waals surface area (Å²) in [5.41, 5.74) is 0.999. The zero-order chi connectivity index (χ0) is 22.8. The molecule has 0 spiro atoms. The highest BCUT2D eigenvalue weighted by atomic mass is 35.5. The van der Waals surface area contributed by atoms with Crippen LogP contribution in [0.2, 0.25) is 10.0 Å². The molecule has 0 fully saturated rings. The summed E-state index contributed by atoms with van der Waals surface area (Å²) in [5.74, 6) is 0.108. The lowest BCUT2D eigenvalue weighted by Gasteiger charge is -2.19. The number of nitrogens with zero attached hydrogens (tertiary/aromatic N) is 2. The number of carbonyl (C=O) groups excluding carboxylic acids is 2. The van der Waals surface area contributed by atoms with Gasteiger partial charge in [-0.2, -0.15) is 5.26 Å². The van der Waals surface area contributed by atoms with Crippen molar-refractivity contribution in [2.75, 3.05) is 32.1 Å². The first kappa shape index (κ1) is 24.1. The minimum atomic E-state index is -0.417. The lowest BCUT2D eigenvalue weighted by Crippen LogP contribution is -2.37. The van der Waals surface area contributed by atoms with Crippen molar-refractivity contribution in [2.24, 2.45) is 0 Å². The fourth-order valence-electron chi connectivity index (χ4n) is 2.61. The van der Waals surface area contributed by atoms with E-state index in [9.17, 15) is 9.59 Å². The Morgan fingerprint density at radius 2 is 1.90 bits per heavy atom. The number of rotatable bonds is 9. The Morgan fingerprint density at radius 3 is 2.52 bits per heavy atom. The molecule has 9 heteroatoms. The molecular weight excluding hydrogens is 441 g/mol. The van der Waals surface area contributed by atoms with E-state index in [-0.39, 0.29) is 19.1 Å². The number of hydrogen-bond acceptors (Lipinski definition) is 5. The van der Waals surface area contributed by atoms with Crippen molar-refractivity contribution in [2.45, 2.75) is 6.92 Å². The Morgan fingerprint density at radius 1 is 1.19 bits per heavy atom. The number of methoxy groups -OCH3 is 1. The maximum absolute atomic E-state index is 12.5. The molecule has 2 aromatic rings. The van der Waals surface area contributed by atoms with Crippen LogP contribution in [0.4, 0.5) is 5.69 Å². The zero-order valence-corrected chi connectivity index (χ0v) is 18.5. The van der Waals surface area contributed by atoms with Crippen molar-refractivity contribution in [1.29, 1.82) is 5.26 Å². The number of halogens is 2. The average Bonchev–Trinajstić information content (AvgIpc) is 2.77. The number of carbonyl (C=O) groups is 2. The van der Waals surface area contributed by atoms with Crippen LogP contribution in [-0.4, -0.2) is 43.5 Å². The summed E-state index contributed by atoms with van der Waals surface area (Å²) in [6, 6.07) is 11.8. The van der Waals surface area contributed by atoms with E-state index in [1.807, 2.05) is 6.07 Å². The summed E-state index contributed by atoms with van der Waals surface area (Å²) in [4.78, 5) is 26.3. The Balaban J connectivity index is 2.04. The normalized spacial score (nSPS) is 10.4. The van der Waals surface area contributed by atoms with Crippen molar-refractivity contribution in [1.82, 2.24) is 4.90 Å². The minimum Gasteiger partial charge on any atom is -0.493 e. The number of ether oxygens (including phenoxy) is 2. The van der Waals surface area contributed by atoms with Crippen molar-refractivity contribution in [3.05, 3.63) is 58.1 Å². The zero-order valence-electron chi connectivity index (χ0n) is 17.0. The molecule has 31 heavy (non-hydrogen) atoms. The maximum Gasteiger partial charge on any atom is 0.247 e. The number of amides is 2. The van der Waals surface area contributed by atoms with Crippen molar-refractivity contribution in [3.63, 3.8) is 0 Å². The van der Waals surface area contributed by atoms with Crippen LogP contribution in [0.1, 0.15) is 12.5 Å². The van der Waals surface area contributed by atoms with Gasteiger partial charge in [0.15, 0.2) is 18.1 Å². The number of para-hydroxylation sites is 1. The van der Waals surface area contributed by atoms with Gasteiger partial charge in [-0.05, 0) is 42.8 Å². The van der Waals surface area contributed by atoms with Crippen LogP contribution in [-0.2, 0) is 9.59 Å². The van der Waals surface area contributed by atoms with E-state index < -0.39 is 5.91 Å². The average molecular weight is 462 g/mol. The Bertz CT molecular complexity index is 998. The molecule has 0 saturated carbocycles. The molecule has 0 aliphatic rings. The molecule has 2 rings (SSSR count). The first-order chi connectivity index (χ1) is 14.9. The SMILES string of the molecule is CCN(CC(=O)Nc1c(Cl)cccc1Cl)C(=O)/C=C/c1ccc(OCC#N)c(OC)c1. The molecule has 0 aliphatic heterocycles. The predicted molar refractivity (Wildman–Crippen MR) is 120 cm³/mol. The van der Waals surface area contributed by atoms with Gasteiger partial charge in [0.25, 0.3) is 0 Å². The van der Waals surface area contributed by atoms with Gasteiger partial charge < -0.3 is 19.7 Å². The molecule has 2 aromatic carbocycles. The number of hydrogen-bond donors (Lipinski definition) is 1. The number of likely N-dealkylation sites (N-methyl/N-ethyl adjacent to an activating group) is 1. The van der Waals surface area contributed by atoms with Gasteiger partial charge in [-0.15, -0.1) is 0 Å². The molecule has 7 nitrogen and oxygen atoms in total. The van der Waals surface area contributed by atoms with Crippen molar-refractivity contribution >= 4 is 46.8 Å². The standard InChI is InChI=1S/C22H21Cl2N3O4/c1-3-27(14-20(28)26-22-16(23)5-4-6-17(22)24)21(29)10-8-15-7-9-18(31-12-11-25)19(13-15)30-2/h4-10,13H,3,12,14H2,1-2H3,(H,26,28)/b10-8+. The molecule has 0 unspecified atom stereocenters. The van der Waals surface area contributed by atoms with Gasteiger partial charge in [0.05, 0.1) is 22.8 Å². The molecule has 0 heterocycles. The molecule has 162 valence electrons. The van der Waals surface area contributed by atoms with Gasteiger partial charge >= 0.3 is 0 Å². The van der Waals surface area contributed by atoms with Crippen LogP contribution >= 0.6 is 23.2 Å². The van der Waals surface area contributed by atoms with Gasteiger partial charge in [0.1, 0.15) is 12.6 Å². The molecule has 0 aromatic heterocycles. The molecule has 0 bridgehead atoms. The van der Waals surface area contributed by atoms with E-state index in [0.29, 0.717) is 39.3 Å². The highest BCUT2D eigenvalue weighted by Gasteiger charge is 2.16. The highest BCUT2D eigenvalue weighted by molar-refractivity contribution is 6.39. The van der Waals surface area contributed by atoms with Crippen LogP contribution in [0.5, 0.6) is 11.5 Å². The lowest BCUT2D eigenvalue weighted by molar-refractivity contribution is -0.130. The predicted octanol–water partition coefficient (Wildman–Crippen LogP) is 4.40. The molecule has 2 amide bonds. The van der Waals surface area contributed by atoms with Gasteiger partial charge in [0.2, 0.25) is 11.8 Å². The van der Waals surface area contributed by atoms with Crippen molar-refractivity contribution < 1.29 is 19.1 Å². The second-order valence-electron chi connectivity index (χ2n) is 6.19. The number of benzene rings is 2. The van der Waals surface area contributed by atoms with Crippen LogP contribution in [0, 0.1) is 11.3 Å². The van der Waals surface area contributed by atoms with E-state index in [2.05, 4.69) is 5.32 Å². The van der Waals surface area contributed by atoms with Gasteiger partial charge in [-0.25, -0.2) is 0 Å². The molecule has 0 aliphatic carbocycles. The summed E-state index contributed by atoms with van der Waals surface area (Å²) in [6.45, 7) is 1.84. The van der Waals surface area contributed by atoms with Crippen molar-refractivity contribution in [3.8, 4) is 17.6 Å². The molecule has 0 saturated heterocycles. The Kier molecular flexibility index (Phi) is 9.19. The lowest BCUT2D eigenvalue weighted by atomic mass is 10.2. The highest BCUT2D eigenvalue weighted by Crippen LogP contribution is 2.30. The quantitative estimate of drug-likeness (QED) is 0.558. The second-order valence-corrected chi connectivity index (χ2v) is 7.00. The van der Waals surface area contributed by atoms with E-state index in [1.54, 1.807) is 49.4 Å². The number of nitrogens with one attached hydrogen (secondary N) is 1. The summed E-state index contributed by atoms with van der Waals surface area (Å²) in [5, 5.41) is 11.9. The molecular formula is C22H21Cl2N3O4. The van der Waals surface area contributed by atoms with E-state index in [0.717, 1.165) is 0 Å². The van der Waals surface area contributed by atoms with Crippen LogP contribution in [0.3, 0.4) is 0 Å². The Labute approximate surface area is 190 Å². The first-order valence-electron chi connectivity index (χ1n) is 9.28. The van der Waals surface area contributed by atoms with Gasteiger partial charge in [-0.3, -0.25) is 9.59 Å². The van der Waals surface area contributed by atoms with Crippen LogP contribution in [0.15, 0.2) is 42.5 Å². The third kappa shape index (κ3) is 6.92. The van der Waals surface area contributed by atoms with Crippen LogP contribution < -0.4 is 14.8 Å². The molecule has 0 atom stereocenters. The fourth-order valence-corrected chi connectivity index (χ4v) is 3.10. The molecule has 0 radical (unpaired) electrons. The number of nitriles is 1. The topological polar surface area (TPSA) is 91.7 Å². The summed E-state index contributed by atoms with van der Waals surface area (Å²) in [7, 11) is 1.48. The first-order valence-corrected chi connectivity index (χ1v) is 10.0. The maximum atomic E-state index is 12.5. The summed E-state index contributed by atoms with van der Waals surface area (Å²) < 4.78 is 10.5. The largest absolute Gasteiger partial charge is 0.493 e. The van der Waals surface area contributed by atoms with E-state index in [4.69, 9.17) is 37.9 Å². The number of anilines is 1. The van der Waals surface area contributed by atoms with Gasteiger partial charge in [0, 0.05) is 12.6 Å². The summed E-state index contributed by atoms with van der Waals surface area (Å²) >= 11 is 12.1. The smallest absolute Gasteiger partial charge is 0.247 e. The second kappa shape index (κ2) is 11.8. The van der Waals surface area contributed by atoms with E-state index in [1.165, 1.54) is 18.1 Å². The Hall–Kier alpha value is -3.21. The van der Waals surface area contributed by atoms with E-state index >= 15 is 0 Å². The summed E-state index contributed by atoms with van der Waals surface area (Å²) in [6.07, 6.45) is 2.97. The minimum absolute atomic E-state index is 0.100. The fraction of sp³-hybridized carbons (Fsp3) is 0.227. The third-order valence-electron chi connectivity index (χ3n) is 4.15. The molecule has 1 N–H and O–H groups in total. The third-order valence-corrected chi connectivity index (χ3v) is 4.78. The van der Waals surface area contributed by atoms with Gasteiger partial charge in [-0.1, -0.05) is 35.3 Å². The van der Waals surface area contributed by atoms with Crippen LogP contribution in [0.25, 0.3) is 6.08 Å². The monoisotopic (exact) mass is 461 g/mol.